The van der Waals surface area contributed by atoms with Gasteiger partial charge in [0.25, 0.3) is 0 Å². The summed E-state index contributed by atoms with van der Waals surface area (Å²) in [7, 11) is -3.12. The molecule has 0 amide bonds. The van der Waals surface area contributed by atoms with E-state index in [-0.39, 0.29) is 16.6 Å². The molecule has 0 saturated heterocycles. The average molecular weight is 301 g/mol. The molecule has 1 aliphatic rings. The molecule has 3 nitrogen and oxygen atoms in total. The molecular formula is C16H31NO2S. The van der Waals surface area contributed by atoms with Crippen molar-refractivity contribution in [3.63, 3.8) is 0 Å². The van der Waals surface area contributed by atoms with Crippen LogP contribution in [0.4, 0.5) is 0 Å². The van der Waals surface area contributed by atoms with Crippen LogP contribution < -0.4 is 0 Å². The summed E-state index contributed by atoms with van der Waals surface area (Å²) in [6.45, 7) is 16.4. The first-order valence-corrected chi connectivity index (χ1v) is 9.21. The van der Waals surface area contributed by atoms with Crippen LogP contribution in [0.15, 0.2) is 11.1 Å². The van der Waals surface area contributed by atoms with Gasteiger partial charge in [0.05, 0.1) is 5.75 Å². The van der Waals surface area contributed by atoms with Crippen LogP contribution in [-0.2, 0) is 10.0 Å². The van der Waals surface area contributed by atoms with Crippen molar-refractivity contribution in [3.05, 3.63) is 11.1 Å². The van der Waals surface area contributed by atoms with E-state index >= 15 is 0 Å². The Balaban J connectivity index is 3.36. The Bertz CT molecular complexity index is 476. The zero-order chi connectivity index (χ0) is 15.8. The van der Waals surface area contributed by atoms with E-state index in [4.69, 9.17) is 0 Å². The maximum absolute atomic E-state index is 12.4. The van der Waals surface area contributed by atoms with Crippen molar-refractivity contribution in [2.75, 3.05) is 18.8 Å². The summed E-state index contributed by atoms with van der Waals surface area (Å²) in [6.07, 6.45) is 1.53. The molecule has 4 heteroatoms. The first kappa shape index (κ1) is 17.7. The topological polar surface area (TPSA) is 37.4 Å². The summed E-state index contributed by atoms with van der Waals surface area (Å²) in [6, 6.07) is 0. The molecule has 0 aromatic carbocycles. The van der Waals surface area contributed by atoms with Crippen LogP contribution >= 0.6 is 0 Å². The lowest BCUT2D eigenvalue weighted by Crippen LogP contribution is -2.35. The van der Waals surface area contributed by atoms with Crippen LogP contribution in [0.25, 0.3) is 0 Å². The Labute approximate surface area is 125 Å². The lowest BCUT2D eigenvalue weighted by molar-refractivity contribution is 0.379. The maximum Gasteiger partial charge on any atom is 0.214 e. The fourth-order valence-corrected chi connectivity index (χ4v) is 4.37. The monoisotopic (exact) mass is 301 g/mol. The van der Waals surface area contributed by atoms with E-state index in [2.05, 4.69) is 41.5 Å². The normalized spacial score (nSPS) is 21.9. The van der Waals surface area contributed by atoms with Crippen LogP contribution in [0.5, 0.6) is 0 Å². The van der Waals surface area contributed by atoms with Gasteiger partial charge in [-0.25, -0.2) is 8.42 Å². The second-order valence-corrected chi connectivity index (χ2v) is 9.95. The van der Waals surface area contributed by atoms with E-state index < -0.39 is 10.0 Å². The summed E-state index contributed by atoms with van der Waals surface area (Å²) in [5.41, 5.74) is 2.67. The molecule has 0 N–H and O–H groups in total. The summed E-state index contributed by atoms with van der Waals surface area (Å²) >= 11 is 0. The van der Waals surface area contributed by atoms with E-state index in [0.29, 0.717) is 19.5 Å². The van der Waals surface area contributed by atoms with E-state index in [0.717, 1.165) is 6.42 Å². The van der Waals surface area contributed by atoms with Gasteiger partial charge in [0.15, 0.2) is 0 Å². The summed E-state index contributed by atoms with van der Waals surface area (Å²) in [5.74, 6) is 0.249. The molecule has 0 unspecified atom stereocenters. The third kappa shape index (κ3) is 4.08. The van der Waals surface area contributed by atoms with E-state index in [1.165, 1.54) is 11.1 Å². The van der Waals surface area contributed by atoms with Gasteiger partial charge in [-0.2, -0.15) is 4.31 Å². The molecular weight excluding hydrogens is 270 g/mol. The second kappa shape index (κ2) is 5.80. The zero-order valence-electron chi connectivity index (χ0n) is 14.2. The molecule has 118 valence electrons. The number of hydrogen-bond donors (Lipinski definition) is 0. The molecule has 0 fully saturated rings. The molecule has 0 atom stereocenters. The van der Waals surface area contributed by atoms with Crippen LogP contribution in [0, 0.1) is 10.8 Å². The first-order chi connectivity index (χ1) is 8.89. The molecule has 0 radical (unpaired) electrons. The SMILES string of the molecule is CCCN1CC(C(C)(C)C)=C(C(C)(C)C)CCS1(=O)=O. The highest BCUT2D eigenvalue weighted by molar-refractivity contribution is 7.89. The first-order valence-electron chi connectivity index (χ1n) is 7.60. The standard InChI is InChI=1S/C16H31NO2S/c1-8-10-17-12-14(16(5,6)7)13(15(2,3)4)9-11-20(17,18)19/h8-12H2,1-7H3. The van der Waals surface area contributed by atoms with Crippen molar-refractivity contribution in [3.8, 4) is 0 Å². The van der Waals surface area contributed by atoms with Crippen LogP contribution in [0.3, 0.4) is 0 Å². The molecule has 20 heavy (non-hydrogen) atoms. The van der Waals surface area contributed by atoms with Gasteiger partial charge >= 0.3 is 0 Å². The quantitative estimate of drug-likeness (QED) is 0.727. The molecule has 0 bridgehead atoms. The summed E-state index contributed by atoms with van der Waals surface area (Å²) in [4.78, 5) is 0. The minimum atomic E-state index is -3.12. The Hall–Kier alpha value is -0.350. The van der Waals surface area contributed by atoms with Crippen LogP contribution in [-0.4, -0.2) is 31.6 Å². The van der Waals surface area contributed by atoms with Crippen molar-refractivity contribution in [1.82, 2.24) is 4.31 Å². The maximum atomic E-state index is 12.4. The highest BCUT2D eigenvalue weighted by Crippen LogP contribution is 2.40. The predicted molar refractivity (Wildman–Crippen MR) is 86.2 cm³/mol. The number of allylic oxidation sites excluding steroid dienone is 1. The number of hydrogen-bond acceptors (Lipinski definition) is 2. The Morgan fingerprint density at radius 2 is 1.50 bits per heavy atom. The summed E-state index contributed by atoms with van der Waals surface area (Å²) in [5, 5.41) is 0. The van der Waals surface area contributed by atoms with Crippen LogP contribution in [0.1, 0.15) is 61.3 Å². The fraction of sp³-hybridized carbons (Fsp3) is 0.875. The van der Waals surface area contributed by atoms with Gasteiger partial charge in [0, 0.05) is 13.1 Å². The molecule has 1 heterocycles. The smallest absolute Gasteiger partial charge is 0.212 e. The van der Waals surface area contributed by atoms with Gasteiger partial charge in [-0.1, -0.05) is 54.0 Å². The average Bonchev–Trinajstić information content (AvgIpc) is 2.35. The Morgan fingerprint density at radius 3 is 1.90 bits per heavy atom. The largest absolute Gasteiger partial charge is 0.214 e. The van der Waals surface area contributed by atoms with Gasteiger partial charge in [-0.15, -0.1) is 0 Å². The minimum absolute atomic E-state index is 0.00840. The van der Waals surface area contributed by atoms with Crippen molar-refractivity contribution < 1.29 is 8.42 Å². The fourth-order valence-electron chi connectivity index (χ4n) is 2.87. The van der Waals surface area contributed by atoms with Crippen molar-refractivity contribution in [2.45, 2.75) is 61.3 Å². The van der Waals surface area contributed by atoms with Crippen molar-refractivity contribution in [2.24, 2.45) is 10.8 Å². The molecule has 1 aliphatic heterocycles. The number of nitrogens with zero attached hydrogens (tertiary/aromatic N) is 1. The van der Waals surface area contributed by atoms with Crippen LogP contribution in [0.2, 0.25) is 0 Å². The Kier molecular flexibility index (Phi) is 5.13. The van der Waals surface area contributed by atoms with Gasteiger partial charge in [-0.05, 0) is 29.2 Å². The lowest BCUT2D eigenvalue weighted by Gasteiger charge is -2.33. The molecule has 0 aromatic heterocycles. The second-order valence-electron chi connectivity index (χ2n) is 7.86. The third-order valence-electron chi connectivity index (χ3n) is 3.99. The summed E-state index contributed by atoms with van der Waals surface area (Å²) < 4.78 is 26.6. The van der Waals surface area contributed by atoms with Crippen molar-refractivity contribution >= 4 is 10.0 Å². The molecule has 0 aliphatic carbocycles. The molecule has 0 spiro atoms. The Morgan fingerprint density at radius 1 is 1.00 bits per heavy atom. The number of sulfonamides is 1. The van der Waals surface area contributed by atoms with Crippen molar-refractivity contribution in [1.29, 1.82) is 0 Å². The predicted octanol–water partition coefficient (Wildman–Crippen LogP) is 3.82. The van der Waals surface area contributed by atoms with Gasteiger partial charge < -0.3 is 0 Å². The van der Waals surface area contributed by atoms with Gasteiger partial charge in [0.2, 0.25) is 10.0 Å². The highest BCUT2D eigenvalue weighted by atomic mass is 32.2. The molecule has 0 aromatic rings. The van der Waals surface area contributed by atoms with E-state index in [1.54, 1.807) is 4.31 Å². The molecule has 1 rings (SSSR count). The third-order valence-corrected chi connectivity index (χ3v) is 5.80. The molecule has 0 saturated carbocycles. The lowest BCUT2D eigenvalue weighted by atomic mass is 9.74. The van der Waals surface area contributed by atoms with E-state index in [1.807, 2.05) is 6.92 Å². The van der Waals surface area contributed by atoms with E-state index in [9.17, 15) is 8.42 Å². The number of rotatable bonds is 2. The highest BCUT2D eigenvalue weighted by Gasteiger charge is 2.35. The van der Waals surface area contributed by atoms with Gasteiger partial charge in [-0.3, -0.25) is 0 Å². The van der Waals surface area contributed by atoms with Gasteiger partial charge in [0.1, 0.15) is 0 Å². The minimum Gasteiger partial charge on any atom is -0.212 e. The zero-order valence-corrected chi connectivity index (χ0v) is 15.0.